The highest BCUT2D eigenvalue weighted by molar-refractivity contribution is 6.06. The molecule has 0 atom stereocenters. The Bertz CT molecular complexity index is 1170. The molecule has 0 N–H and O–H groups in total. The molecule has 2 aromatic carbocycles. The largest absolute Gasteiger partial charge is 0.454 e. The molecule has 4 rings (SSSR count). The lowest BCUT2D eigenvalue weighted by atomic mass is 9.98. The van der Waals surface area contributed by atoms with E-state index in [-0.39, 0.29) is 6.61 Å². The van der Waals surface area contributed by atoms with Gasteiger partial charge in [0, 0.05) is 17.5 Å². The fourth-order valence-corrected chi connectivity index (χ4v) is 3.46. The lowest BCUT2D eigenvalue weighted by molar-refractivity contribution is 0.0458. The van der Waals surface area contributed by atoms with Crippen LogP contribution in [0, 0.1) is 6.92 Å². The van der Waals surface area contributed by atoms with E-state index in [1.54, 1.807) is 4.68 Å². The Hall–Kier alpha value is -3.61. The van der Waals surface area contributed by atoms with E-state index in [9.17, 15) is 4.79 Å². The minimum absolute atomic E-state index is 0.0201. The quantitative estimate of drug-likeness (QED) is 0.428. The van der Waals surface area contributed by atoms with Gasteiger partial charge in [-0.3, -0.25) is 0 Å². The number of rotatable bonds is 7. The summed E-state index contributed by atoms with van der Waals surface area (Å²) >= 11 is 0. The molecule has 30 heavy (non-hydrogen) atoms. The van der Waals surface area contributed by atoms with E-state index in [2.05, 4.69) is 22.4 Å². The Morgan fingerprint density at radius 2 is 1.83 bits per heavy atom. The standard InChI is InChI=1S/C23H23N5O2/c1-3-4-14-28-20(25-26-27-28)15-30-23(29)21-16(2)22(17-10-6-5-7-11-17)24-19-13-9-8-12-18(19)21/h5-13H,3-4,14-15H2,1-2H3. The molecule has 0 unspecified atom stereocenters. The number of tetrazole rings is 1. The number of benzene rings is 2. The zero-order valence-electron chi connectivity index (χ0n) is 17.1. The molecule has 0 radical (unpaired) electrons. The molecule has 0 aliphatic heterocycles. The van der Waals surface area contributed by atoms with Gasteiger partial charge < -0.3 is 4.74 Å². The molecule has 0 fully saturated rings. The number of hydrogen-bond acceptors (Lipinski definition) is 6. The molecule has 0 bridgehead atoms. The first-order chi connectivity index (χ1) is 14.7. The van der Waals surface area contributed by atoms with Gasteiger partial charge in [-0.1, -0.05) is 61.9 Å². The number of aryl methyl sites for hydroxylation is 1. The summed E-state index contributed by atoms with van der Waals surface area (Å²) in [7, 11) is 0. The van der Waals surface area contributed by atoms with Crippen LogP contribution in [-0.2, 0) is 17.9 Å². The van der Waals surface area contributed by atoms with Gasteiger partial charge in [-0.15, -0.1) is 5.10 Å². The van der Waals surface area contributed by atoms with Gasteiger partial charge in [0.15, 0.2) is 12.4 Å². The Labute approximate surface area is 174 Å². The van der Waals surface area contributed by atoms with Crippen LogP contribution in [0.2, 0.25) is 0 Å². The Morgan fingerprint density at radius 3 is 2.63 bits per heavy atom. The molecule has 152 valence electrons. The average Bonchev–Trinajstić information content (AvgIpc) is 3.23. The smallest absolute Gasteiger partial charge is 0.339 e. The van der Waals surface area contributed by atoms with Crippen molar-refractivity contribution in [3.05, 3.63) is 71.5 Å². The van der Waals surface area contributed by atoms with E-state index >= 15 is 0 Å². The van der Waals surface area contributed by atoms with Gasteiger partial charge in [0.05, 0.1) is 16.8 Å². The van der Waals surface area contributed by atoms with E-state index in [0.717, 1.165) is 40.6 Å². The van der Waals surface area contributed by atoms with Gasteiger partial charge in [-0.05, 0) is 35.4 Å². The zero-order valence-corrected chi connectivity index (χ0v) is 17.1. The Balaban J connectivity index is 1.68. The predicted molar refractivity (Wildman–Crippen MR) is 114 cm³/mol. The molecule has 0 aliphatic rings. The van der Waals surface area contributed by atoms with Crippen molar-refractivity contribution in [2.24, 2.45) is 0 Å². The molecular weight excluding hydrogens is 378 g/mol. The van der Waals surface area contributed by atoms with Crippen LogP contribution in [0.15, 0.2) is 54.6 Å². The maximum atomic E-state index is 13.2. The van der Waals surface area contributed by atoms with Crippen LogP contribution in [0.25, 0.3) is 22.2 Å². The van der Waals surface area contributed by atoms with Crippen molar-refractivity contribution in [2.45, 2.75) is 39.8 Å². The second kappa shape index (κ2) is 8.82. The van der Waals surface area contributed by atoms with Crippen LogP contribution < -0.4 is 0 Å². The number of carbonyl (C=O) groups is 1. The van der Waals surface area contributed by atoms with Gasteiger partial charge in [-0.2, -0.15) is 0 Å². The second-order valence-electron chi connectivity index (χ2n) is 7.09. The van der Waals surface area contributed by atoms with Crippen molar-refractivity contribution in [1.82, 2.24) is 25.2 Å². The maximum Gasteiger partial charge on any atom is 0.339 e. The number of fused-ring (bicyclic) bond motifs is 1. The molecule has 0 spiro atoms. The summed E-state index contributed by atoms with van der Waals surface area (Å²) in [6, 6.07) is 17.5. The molecular formula is C23H23N5O2. The molecule has 2 aromatic heterocycles. The van der Waals surface area contributed by atoms with Crippen molar-refractivity contribution in [2.75, 3.05) is 0 Å². The fourth-order valence-electron chi connectivity index (χ4n) is 3.46. The lowest BCUT2D eigenvalue weighted by Gasteiger charge is -2.14. The number of para-hydroxylation sites is 1. The van der Waals surface area contributed by atoms with Gasteiger partial charge in [0.1, 0.15) is 0 Å². The van der Waals surface area contributed by atoms with Crippen LogP contribution >= 0.6 is 0 Å². The minimum Gasteiger partial charge on any atom is -0.454 e. The van der Waals surface area contributed by atoms with E-state index in [1.807, 2.05) is 61.5 Å². The SMILES string of the molecule is CCCCn1nnnc1COC(=O)c1c(C)c(-c2ccccc2)nc2ccccc12. The third-order valence-corrected chi connectivity index (χ3v) is 5.05. The van der Waals surface area contributed by atoms with Gasteiger partial charge in [-0.25, -0.2) is 14.5 Å². The Kier molecular flexibility index (Phi) is 5.79. The summed E-state index contributed by atoms with van der Waals surface area (Å²) in [4.78, 5) is 18.0. The highest BCUT2D eigenvalue weighted by atomic mass is 16.5. The number of aromatic nitrogens is 5. The summed E-state index contributed by atoms with van der Waals surface area (Å²) in [6.07, 6.45) is 1.99. The number of hydrogen-bond donors (Lipinski definition) is 0. The molecule has 4 aromatic rings. The molecule has 7 nitrogen and oxygen atoms in total. The van der Waals surface area contributed by atoms with Crippen LogP contribution in [-0.4, -0.2) is 31.2 Å². The van der Waals surface area contributed by atoms with Crippen molar-refractivity contribution >= 4 is 16.9 Å². The van der Waals surface area contributed by atoms with Crippen molar-refractivity contribution in [1.29, 1.82) is 0 Å². The second-order valence-corrected chi connectivity index (χ2v) is 7.09. The van der Waals surface area contributed by atoms with E-state index in [1.165, 1.54) is 0 Å². The maximum absolute atomic E-state index is 13.2. The highest BCUT2D eigenvalue weighted by Gasteiger charge is 2.21. The average molecular weight is 401 g/mol. The number of pyridine rings is 1. The van der Waals surface area contributed by atoms with Crippen molar-refractivity contribution < 1.29 is 9.53 Å². The van der Waals surface area contributed by atoms with Crippen molar-refractivity contribution in [3.63, 3.8) is 0 Å². The first-order valence-electron chi connectivity index (χ1n) is 10.1. The number of ether oxygens (including phenoxy) is 1. The monoisotopic (exact) mass is 401 g/mol. The van der Waals surface area contributed by atoms with Gasteiger partial charge in [0.2, 0.25) is 0 Å². The highest BCUT2D eigenvalue weighted by Crippen LogP contribution is 2.30. The van der Waals surface area contributed by atoms with Crippen LogP contribution in [0.4, 0.5) is 0 Å². The summed E-state index contributed by atoms with van der Waals surface area (Å²) in [5, 5.41) is 12.5. The normalized spacial score (nSPS) is 11.0. The number of carbonyl (C=O) groups excluding carboxylic acids is 1. The third kappa shape index (κ3) is 3.91. The van der Waals surface area contributed by atoms with Gasteiger partial charge >= 0.3 is 5.97 Å². The predicted octanol–water partition coefficient (Wildman–Crippen LogP) is 4.35. The topological polar surface area (TPSA) is 82.8 Å². The first kappa shape index (κ1) is 19.7. The molecule has 0 amide bonds. The van der Waals surface area contributed by atoms with Crippen LogP contribution in [0.1, 0.15) is 41.5 Å². The molecule has 2 heterocycles. The molecule has 7 heteroatoms. The van der Waals surface area contributed by atoms with Crippen molar-refractivity contribution in [3.8, 4) is 11.3 Å². The zero-order chi connectivity index (χ0) is 20.9. The van der Waals surface area contributed by atoms with Crippen LogP contribution in [0.3, 0.4) is 0 Å². The summed E-state index contributed by atoms with van der Waals surface area (Å²) in [5.74, 6) is 0.129. The summed E-state index contributed by atoms with van der Waals surface area (Å²) in [5.41, 5.74) is 3.79. The number of unbranched alkanes of at least 4 members (excludes halogenated alkanes) is 1. The Morgan fingerprint density at radius 1 is 1.07 bits per heavy atom. The number of esters is 1. The fraction of sp³-hybridized carbons (Fsp3) is 0.261. The molecule has 0 aliphatic carbocycles. The van der Waals surface area contributed by atoms with Crippen LogP contribution in [0.5, 0.6) is 0 Å². The number of nitrogens with zero attached hydrogens (tertiary/aromatic N) is 5. The molecule has 0 saturated carbocycles. The van der Waals surface area contributed by atoms with E-state index < -0.39 is 5.97 Å². The van der Waals surface area contributed by atoms with E-state index in [4.69, 9.17) is 9.72 Å². The molecule has 0 saturated heterocycles. The summed E-state index contributed by atoms with van der Waals surface area (Å²) in [6.45, 7) is 4.73. The first-order valence-corrected chi connectivity index (χ1v) is 10.1. The third-order valence-electron chi connectivity index (χ3n) is 5.05. The minimum atomic E-state index is -0.409. The van der Waals surface area contributed by atoms with Gasteiger partial charge in [0.25, 0.3) is 0 Å². The summed E-state index contributed by atoms with van der Waals surface area (Å²) < 4.78 is 7.33. The van der Waals surface area contributed by atoms with E-state index in [0.29, 0.717) is 17.9 Å². The lowest BCUT2D eigenvalue weighted by Crippen LogP contribution is -2.13.